The van der Waals surface area contributed by atoms with Crippen LogP contribution in [0, 0.1) is 11.3 Å². The van der Waals surface area contributed by atoms with Crippen LogP contribution in [0.15, 0.2) is 4.42 Å². The van der Waals surface area contributed by atoms with Crippen LogP contribution in [0.3, 0.4) is 0 Å². The Morgan fingerprint density at radius 2 is 1.80 bits per heavy atom. The summed E-state index contributed by atoms with van der Waals surface area (Å²) in [6.45, 7) is 14.8. The van der Waals surface area contributed by atoms with Crippen LogP contribution < -0.4 is 0 Å². The van der Waals surface area contributed by atoms with Crippen LogP contribution in [0.4, 0.5) is 0 Å². The second-order valence-corrected chi connectivity index (χ2v) is 7.50. The van der Waals surface area contributed by atoms with E-state index in [0.29, 0.717) is 23.9 Å². The summed E-state index contributed by atoms with van der Waals surface area (Å²) in [6, 6.07) is 0. The van der Waals surface area contributed by atoms with E-state index in [1.165, 1.54) is 7.11 Å². The lowest BCUT2D eigenvalue weighted by Gasteiger charge is -2.25. The number of carbonyl (C=O) groups excluding carboxylic acids is 1. The molecule has 0 fully saturated rings. The largest absolute Gasteiger partial charge is 0.463 e. The van der Waals surface area contributed by atoms with Crippen molar-refractivity contribution in [3.05, 3.63) is 17.3 Å². The summed E-state index contributed by atoms with van der Waals surface area (Å²) in [6.07, 6.45) is 0.712. The molecule has 0 N–H and O–H groups in total. The standard InChI is InChI=1S/C16H27NO3/c1-10(15(2,3)4)9-11-17-13(16(5,6)7)12(20-11)14(18)19-8/h10H,9H2,1-8H3. The molecule has 0 aliphatic carbocycles. The highest BCUT2D eigenvalue weighted by Gasteiger charge is 2.31. The van der Waals surface area contributed by atoms with Crippen LogP contribution in [-0.2, 0) is 16.6 Å². The van der Waals surface area contributed by atoms with Crippen LogP contribution in [0.1, 0.15) is 70.6 Å². The highest BCUT2D eigenvalue weighted by atomic mass is 16.5. The van der Waals surface area contributed by atoms with E-state index in [9.17, 15) is 4.79 Å². The maximum Gasteiger partial charge on any atom is 0.376 e. The molecule has 4 heteroatoms. The van der Waals surface area contributed by atoms with E-state index in [-0.39, 0.29) is 16.6 Å². The third kappa shape index (κ3) is 3.84. The van der Waals surface area contributed by atoms with Gasteiger partial charge < -0.3 is 9.15 Å². The minimum Gasteiger partial charge on any atom is -0.463 e. The lowest BCUT2D eigenvalue weighted by molar-refractivity contribution is 0.0558. The number of methoxy groups -OCH3 is 1. The minimum absolute atomic E-state index is 0.168. The van der Waals surface area contributed by atoms with Gasteiger partial charge in [0.2, 0.25) is 5.76 Å². The molecule has 0 aliphatic rings. The lowest BCUT2D eigenvalue weighted by atomic mass is 9.80. The molecule has 20 heavy (non-hydrogen) atoms. The SMILES string of the molecule is COC(=O)c1oc(CC(C)C(C)(C)C)nc1C(C)(C)C. The van der Waals surface area contributed by atoms with E-state index < -0.39 is 5.97 Å². The first-order valence-electron chi connectivity index (χ1n) is 7.05. The summed E-state index contributed by atoms with van der Waals surface area (Å²) in [5.74, 6) is 0.783. The average molecular weight is 281 g/mol. The second kappa shape index (κ2) is 5.58. The van der Waals surface area contributed by atoms with Gasteiger partial charge >= 0.3 is 5.97 Å². The van der Waals surface area contributed by atoms with Crippen molar-refractivity contribution in [2.45, 2.75) is 60.3 Å². The number of hydrogen-bond donors (Lipinski definition) is 0. The molecular weight excluding hydrogens is 254 g/mol. The van der Waals surface area contributed by atoms with E-state index in [0.717, 1.165) is 0 Å². The Balaban J connectivity index is 3.13. The predicted molar refractivity (Wildman–Crippen MR) is 78.9 cm³/mol. The third-order valence-corrected chi connectivity index (χ3v) is 3.71. The molecule has 4 nitrogen and oxygen atoms in total. The topological polar surface area (TPSA) is 52.3 Å². The molecule has 0 aliphatic heterocycles. The fourth-order valence-corrected chi connectivity index (χ4v) is 1.76. The molecule has 0 saturated heterocycles. The van der Waals surface area contributed by atoms with Crippen LogP contribution in [0.2, 0.25) is 0 Å². The number of hydrogen-bond acceptors (Lipinski definition) is 4. The van der Waals surface area contributed by atoms with E-state index in [2.05, 4.69) is 32.7 Å². The first-order chi connectivity index (χ1) is 8.96. The summed E-state index contributed by atoms with van der Waals surface area (Å²) in [5, 5.41) is 0. The zero-order chi connectivity index (χ0) is 15.7. The fraction of sp³-hybridized carbons (Fsp3) is 0.750. The van der Waals surface area contributed by atoms with Gasteiger partial charge in [-0.05, 0) is 11.3 Å². The number of oxazole rings is 1. The van der Waals surface area contributed by atoms with Crippen LogP contribution >= 0.6 is 0 Å². The molecule has 0 radical (unpaired) electrons. The molecule has 0 amide bonds. The first-order valence-corrected chi connectivity index (χ1v) is 7.05. The van der Waals surface area contributed by atoms with Gasteiger partial charge in [-0.2, -0.15) is 0 Å². The molecule has 1 aromatic heterocycles. The Morgan fingerprint density at radius 1 is 1.25 bits per heavy atom. The van der Waals surface area contributed by atoms with Crippen molar-refractivity contribution in [1.29, 1.82) is 0 Å². The lowest BCUT2D eigenvalue weighted by Crippen LogP contribution is -2.20. The van der Waals surface area contributed by atoms with Crippen LogP contribution in [0.5, 0.6) is 0 Å². The first kappa shape index (κ1) is 16.7. The Hall–Kier alpha value is -1.32. The fourth-order valence-electron chi connectivity index (χ4n) is 1.76. The number of carbonyl (C=O) groups is 1. The van der Waals surface area contributed by atoms with Gasteiger partial charge in [-0.25, -0.2) is 9.78 Å². The molecule has 0 bridgehead atoms. The number of aromatic nitrogens is 1. The van der Waals surface area contributed by atoms with Crippen molar-refractivity contribution in [2.75, 3.05) is 7.11 Å². The van der Waals surface area contributed by atoms with E-state index in [1.54, 1.807) is 0 Å². The van der Waals surface area contributed by atoms with Gasteiger partial charge in [0.05, 0.1) is 12.8 Å². The van der Waals surface area contributed by atoms with Crippen molar-refractivity contribution in [3.8, 4) is 0 Å². The summed E-state index contributed by atoms with van der Waals surface area (Å²) in [7, 11) is 1.36. The molecule has 1 aromatic rings. The third-order valence-electron chi connectivity index (χ3n) is 3.71. The number of ether oxygens (including phenoxy) is 1. The smallest absolute Gasteiger partial charge is 0.376 e. The van der Waals surface area contributed by atoms with Gasteiger partial charge in [-0.1, -0.05) is 48.5 Å². The zero-order valence-corrected chi connectivity index (χ0v) is 14.0. The second-order valence-electron chi connectivity index (χ2n) is 7.50. The Kier molecular flexibility index (Phi) is 4.67. The van der Waals surface area contributed by atoms with Gasteiger partial charge in [-0.15, -0.1) is 0 Å². The summed E-state index contributed by atoms with van der Waals surface area (Å²) >= 11 is 0. The Morgan fingerprint density at radius 3 is 2.20 bits per heavy atom. The van der Waals surface area contributed by atoms with Crippen molar-refractivity contribution in [2.24, 2.45) is 11.3 Å². The van der Waals surface area contributed by atoms with E-state index in [1.807, 2.05) is 20.8 Å². The summed E-state index contributed by atoms with van der Waals surface area (Å²) < 4.78 is 10.5. The number of rotatable bonds is 3. The minimum atomic E-state index is -0.461. The highest BCUT2D eigenvalue weighted by Crippen LogP contribution is 2.31. The van der Waals surface area contributed by atoms with Gasteiger partial charge in [0.1, 0.15) is 0 Å². The van der Waals surface area contributed by atoms with Gasteiger partial charge in [0.25, 0.3) is 0 Å². The van der Waals surface area contributed by atoms with Gasteiger partial charge in [0.15, 0.2) is 5.89 Å². The van der Waals surface area contributed by atoms with Gasteiger partial charge in [-0.3, -0.25) is 0 Å². The number of nitrogens with zero attached hydrogens (tertiary/aromatic N) is 1. The molecule has 0 saturated carbocycles. The maximum absolute atomic E-state index is 11.8. The molecule has 114 valence electrons. The van der Waals surface area contributed by atoms with Crippen molar-refractivity contribution in [3.63, 3.8) is 0 Å². The highest BCUT2D eigenvalue weighted by molar-refractivity contribution is 5.87. The Labute approximate surface area is 121 Å². The van der Waals surface area contributed by atoms with E-state index in [4.69, 9.17) is 9.15 Å². The summed E-state index contributed by atoms with van der Waals surface area (Å²) in [4.78, 5) is 16.4. The van der Waals surface area contributed by atoms with E-state index >= 15 is 0 Å². The molecule has 1 atom stereocenters. The average Bonchev–Trinajstić information content (AvgIpc) is 2.70. The molecular formula is C16H27NO3. The zero-order valence-electron chi connectivity index (χ0n) is 14.0. The van der Waals surface area contributed by atoms with Gasteiger partial charge in [0, 0.05) is 11.8 Å². The molecule has 1 unspecified atom stereocenters. The van der Waals surface area contributed by atoms with Crippen molar-refractivity contribution in [1.82, 2.24) is 4.98 Å². The molecule has 1 heterocycles. The maximum atomic E-state index is 11.8. The van der Waals surface area contributed by atoms with Crippen LogP contribution in [0.25, 0.3) is 0 Å². The monoisotopic (exact) mass is 281 g/mol. The normalized spacial score (nSPS) is 14.2. The molecule has 1 rings (SSSR count). The van der Waals surface area contributed by atoms with Crippen molar-refractivity contribution >= 4 is 5.97 Å². The summed E-state index contributed by atoms with van der Waals surface area (Å²) in [5.41, 5.74) is 0.582. The predicted octanol–water partition coefficient (Wildman–Crippen LogP) is 3.98. The Bertz CT molecular complexity index is 475. The number of esters is 1. The van der Waals surface area contributed by atoms with Crippen molar-refractivity contribution < 1.29 is 13.9 Å². The molecule has 0 aromatic carbocycles. The molecule has 0 spiro atoms. The quantitative estimate of drug-likeness (QED) is 0.786. The van der Waals surface area contributed by atoms with Crippen LogP contribution in [-0.4, -0.2) is 18.1 Å².